The molecular formula is C16H16N2O3. The van der Waals surface area contributed by atoms with Crippen molar-refractivity contribution in [1.29, 1.82) is 0 Å². The van der Waals surface area contributed by atoms with Crippen LogP contribution in [0.2, 0.25) is 0 Å². The van der Waals surface area contributed by atoms with Crippen LogP contribution in [-0.4, -0.2) is 27.9 Å². The molecule has 0 fully saturated rings. The molecular weight excluding hydrogens is 268 g/mol. The first kappa shape index (κ1) is 13.5. The Kier molecular flexibility index (Phi) is 4.02. The Labute approximate surface area is 122 Å². The van der Waals surface area contributed by atoms with Crippen molar-refractivity contribution in [2.45, 2.75) is 6.54 Å². The van der Waals surface area contributed by atoms with Crippen LogP contribution < -0.4 is 4.74 Å². The lowest BCUT2D eigenvalue weighted by atomic mass is 10.2. The van der Waals surface area contributed by atoms with E-state index in [9.17, 15) is 0 Å². The monoisotopic (exact) mass is 284 g/mol. The van der Waals surface area contributed by atoms with Gasteiger partial charge in [0, 0.05) is 23.5 Å². The largest absolute Gasteiger partial charge is 0.491 e. The summed E-state index contributed by atoms with van der Waals surface area (Å²) in [7, 11) is 0. The zero-order chi connectivity index (χ0) is 14.5. The van der Waals surface area contributed by atoms with Crippen molar-refractivity contribution in [3.63, 3.8) is 0 Å². The summed E-state index contributed by atoms with van der Waals surface area (Å²) < 4.78 is 12.5. The zero-order valence-electron chi connectivity index (χ0n) is 11.5. The van der Waals surface area contributed by atoms with E-state index in [1.165, 1.54) is 0 Å². The van der Waals surface area contributed by atoms with E-state index >= 15 is 0 Å². The Morgan fingerprint density at radius 1 is 1.19 bits per heavy atom. The molecule has 3 rings (SSSR count). The fraction of sp³-hybridized carbons (Fsp3) is 0.188. The van der Waals surface area contributed by atoms with Crippen molar-refractivity contribution in [3.05, 3.63) is 60.8 Å². The smallest absolute Gasteiger partial charge is 0.140 e. The molecule has 1 aromatic carbocycles. The molecule has 0 saturated heterocycles. The van der Waals surface area contributed by atoms with Crippen LogP contribution >= 0.6 is 0 Å². The quantitative estimate of drug-likeness (QED) is 0.755. The van der Waals surface area contributed by atoms with Crippen LogP contribution in [0, 0.1) is 0 Å². The number of ether oxygens (including phenoxy) is 1. The van der Waals surface area contributed by atoms with Gasteiger partial charge in [0.05, 0.1) is 25.7 Å². The maximum Gasteiger partial charge on any atom is 0.140 e. The highest BCUT2D eigenvalue weighted by Crippen LogP contribution is 2.22. The van der Waals surface area contributed by atoms with Gasteiger partial charge in [0.15, 0.2) is 0 Å². The second kappa shape index (κ2) is 6.28. The van der Waals surface area contributed by atoms with Gasteiger partial charge in [-0.25, -0.2) is 4.98 Å². The maximum atomic E-state index is 8.75. The minimum Gasteiger partial charge on any atom is -0.491 e. The van der Waals surface area contributed by atoms with Gasteiger partial charge in [0.1, 0.15) is 18.2 Å². The Bertz CT molecular complexity index is 672. The third-order valence-electron chi connectivity index (χ3n) is 3.12. The fourth-order valence-corrected chi connectivity index (χ4v) is 2.14. The first-order chi connectivity index (χ1) is 10.4. The molecule has 0 bridgehead atoms. The number of hydrogen-bond acceptors (Lipinski definition) is 4. The minimum atomic E-state index is 0.0108. The molecule has 5 nitrogen and oxygen atoms in total. The first-order valence-corrected chi connectivity index (χ1v) is 6.73. The number of imidazole rings is 1. The summed E-state index contributed by atoms with van der Waals surface area (Å²) in [6.07, 6.45) is 7.12. The summed E-state index contributed by atoms with van der Waals surface area (Å²) in [4.78, 5) is 4.41. The van der Waals surface area contributed by atoms with Crippen LogP contribution in [0.15, 0.2) is 59.7 Å². The van der Waals surface area contributed by atoms with Gasteiger partial charge in [-0.05, 0) is 30.3 Å². The molecule has 0 saturated carbocycles. The van der Waals surface area contributed by atoms with Crippen LogP contribution in [0.25, 0.3) is 11.4 Å². The molecule has 0 aliphatic rings. The Balaban J connectivity index is 1.79. The summed E-state index contributed by atoms with van der Waals surface area (Å²) in [5.41, 5.74) is 2.11. The summed E-state index contributed by atoms with van der Waals surface area (Å²) in [6.45, 7) is 1.03. The highest BCUT2D eigenvalue weighted by Gasteiger charge is 2.07. The highest BCUT2D eigenvalue weighted by atomic mass is 16.5. The zero-order valence-corrected chi connectivity index (χ0v) is 11.5. The molecule has 0 amide bonds. The number of aromatic nitrogens is 2. The van der Waals surface area contributed by atoms with Crippen molar-refractivity contribution in [2.24, 2.45) is 0 Å². The predicted molar refractivity (Wildman–Crippen MR) is 78.1 cm³/mol. The van der Waals surface area contributed by atoms with Gasteiger partial charge in [-0.1, -0.05) is 0 Å². The number of hydrogen-bond donors (Lipinski definition) is 1. The van der Waals surface area contributed by atoms with Crippen molar-refractivity contribution in [2.75, 3.05) is 13.2 Å². The molecule has 2 aromatic heterocycles. The molecule has 0 atom stereocenters. The highest BCUT2D eigenvalue weighted by molar-refractivity contribution is 5.57. The fourth-order valence-electron chi connectivity index (χ4n) is 2.14. The normalized spacial score (nSPS) is 10.7. The molecule has 3 aromatic rings. The van der Waals surface area contributed by atoms with E-state index in [1.807, 2.05) is 36.5 Å². The SMILES string of the molecule is OCCOc1ccc(-c2nccn2Cc2ccoc2)cc1. The van der Waals surface area contributed by atoms with E-state index in [0.29, 0.717) is 13.2 Å². The number of furan rings is 1. The Hall–Kier alpha value is -2.53. The average Bonchev–Trinajstić information content (AvgIpc) is 3.18. The lowest BCUT2D eigenvalue weighted by molar-refractivity contribution is 0.201. The second-order valence-corrected chi connectivity index (χ2v) is 4.61. The Morgan fingerprint density at radius 3 is 2.76 bits per heavy atom. The molecule has 0 radical (unpaired) electrons. The second-order valence-electron chi connectivity index (χ2n) is 4.61. The minimum absolute atomic E-state index is 0.0108. The van der Waals surface area contributed by atoms with Crippen molar-refractivity contribution in [1.82, 2.24) is 9.55 Å². The van der Waals surface area contributed by atoms with Crippen molar-refractivity contribution >= 4 is 0 Å². The van der Waals surface area contributed by atoms with Crippen LogP contribution in [-0.2, 0) is 6.54 Å². The summed E-state index contributed by atoms with van der Waals surface area (Å²) >= 11 is 0. The predicted octanol–water partition coefficient (Wildman–Crippen LogP) is 2.56. The van der Waals surface area contributed by atoms with E-state index < -0.39 is 0 Å². The van der Waals surface area contributed by atoms with E-state index in [4.69, 9.17) is 14.3 Å². The van der Waals surface area contributed by atoms with Gasteiger partial charge in [-0.15, -0.1) is 0 Å². The molecule has 0 spiro atoms. The number of aliphatic hydroxyl groups excluding tert-OH is 1. The van der Waals surface area contributed by atoms with Gasteiger partial charge in [-0.2, -0.15) is 0 Å². The third-order valence-corrected chi connectivity index (χ3v) is 3.12. The molecule has 0 unspecified atom stereocenters. The molecule has 2 heterocycles. The number of aliphatic hydroxyl groups is 1. The van der Waals surface area contributed by atoms with E-state index in [-0.39, 0.29) is 6.61 Å². The topological polar surface area (TPSA) is 60.4 Å². The van der Waals surface area contributed by atoms with Crippen LogP contribution in [0.4, 0.5) is 0 Å². The van der Waals surface area contributed by atoms with Gasteiger partial charge >= 0.3 is 0 Å². The maximum absolute atomic E-state index is 8.75. The number of rotatable bonds is 6. The van der Waals surface area contributed by atoms with E-state index in [0.717, 1.165) is 22.7 Å². The molecule has 0 aliphatic carbocycles. The van der Waals surface area contributed by atoms with Gasteiger partial charge in [0.2, 0.25) is 0 Å². The number of benzene rings is 1. The van der Waals surface area contributed by atoms with Crippen LogP contribution in [0.5, 0.6) is 5.75 Å². The van der Waals surface area contributed by atoms with Gasteiger partial charge in [0.25, 0.3) is 0 Å². The molecule has 5 heteroatoms. The number of nitrogens with zero attached hydrogens (tertiary/aromatic N) is 2. The van der Waals surface area contributed by atoms with Crippen LogP contribution in [0.1, 0.15) is 5.56 Å². The van der Waals surface area contributed by atoms with Crippen molar-refractivity contribution in [3.8, 4) is 17.1 Å². The Morgan fingerprint density at radius 2 is 2.05 bits per heavy atom. The summed E-state index contributed by atoms with van der Waals surface area (Å²) in [5, 5.41) is 8.75. The van der Waals surface area contributed by atoms with Crippen LogP contribution in [0.3, 0.4) is 0 Å². The van der Waals surface area contributed by atoms with E-state index in [1.54, 1.807) is 18.7 Å². The van der Waals surface area contributed by atoms with Crippen molar-refractivity contribution < 1.29 is 14.3 Å². The van der Waals surface area contributed by atoms with Gasteiger partial charge in [-0.3, -0.25) is 0 Å². The average molecular weight is 284 g/mol. The van der Waals surface area contributed by atoms with E-state index in [2.05, 4.69) is 9.55 Å². The lowest BCUT2D eigenvalue weighted by Crippen LogP contribution is -2.02. The first-order valence-electron chi connectivity index (χ1n) is 6.73. The summed E-state index contributed by atoms with van der Waals surface area (Å²) in [6, 6.07) is 9.61. The lowest BCUT2D eigenvalue weighted by Gasteiger charge is -2.08. The third kappa shape index (κ3) is 3.14. The molecule has 1 N–H and O–H groups in total. The van der Waals surface area contributed by atoms with Gasteiger partial charge < -0.3 is 18.8 Å². The molecule has 0 aliphatic heterocycles. The molecule has 108 valence electrons. The molecule has 21 heavy (non-hydrogen) atoms. The standard InChI is InChI=1S/C16H16N2O3/c19-8-10-21-15-3-1-14(2-4-15)16-17-6-7-18(16)11-13-5-9-20-12-13/h1-7,9,12,19H,8,10-11H2. The summed E-state index contributed by atoms with van der Waals surface area (Å²) in [5.74, 6) is 1.63.